The van der Waals surface area contributed by atoms with Gasteiger partial charge in [-0.25, -0.2) is 4.79 Å². The van der Waals surface area contributed by atoms with Crippen molar-refractivity contribution in [2.45, 2.75) is 25.0 Å². The third-order valence-corrected chi connectivity index (χ3v) is 5.07. The van der Waals surface area contributed by atoms with Gasteiger partial charge in [-0.15, -0.1) is 0 Å². The Balaban J connectivity index is 1.46. The zero-order valence-electron chi connectivity index (χ0n) is 15.4. The van der Waals surface area contributed by atoms with E-state index in [2.05, 4.69) is 15.2 Å². The Morgan fingerprint density at radius 2 is 2.11 bits per heavy atom. The van der Waals surface area contributed by atoms with Gasteiger partial charge in [-0.05, 0) is 29.7 Å². The minimum Gasteiger partial charge on any atom is -0.408 e. The molecule has 146 valence electrons. The highest BCUT2D eigenvalue weighted by molar-refractivity contribution is 5.81. The smallest absolute Gasteiger partial charge is 0.408 e. The lowest BCUT2D eigenvalue weighted by molar-refractivity contribution is -0.121. The molecule has 1 aromatic heterocycles. The van der Waals surface area contributed by atoms with Crippen LogP contribution in [-0.4, -0.2) is 46.6 Å². The quantitative estimate of drug-likeness (QED) is 0.602. The van der Waals surface area contributed by atoms with Crippen LogP contribution in [0.3, 0.4) is 0 Å². The van der Waals surface area contributed by atoms with Gasteiger partial charge in [-0.1, -0.05) is 36.4 Å². The van der Waals surface area contributed by atoms with E-state index in [4.69, 9.17) is 4.42 Å². The van der Waals surface area contributed by atoms with Crippen LogP contribution in [0.2, 0.25) is 0 Å². The first kappa shape index (κ1) is 18.5. The first-order chi connectivity index (χ1) is 13.6. The molecule has 0 radical (unpaired) electrons. The van der Waals surface area contributed by atoms with Crippen LogP contribution in [-0.2, 0) is 11.2 Å². The number of aliphatic hydroxyl groups is 1. The predicted octanol–water partition coefficient (Wildman–Crippen LogP) is 1.59. The van der Waals surface area contributed by atoms with Gasteiger partial charge in [0, 0.05) is 19.6 Å². The Kier molecular flexibility index (Phi) is 5.27. The summed E-state index contributed by atoms with van der Waals surface area (Å²) in [6, 6.07) is 14.9. The lowest BCUT2D eigenvalue weighted by atomic mass is 10.1. The second-order valence-electron chi connectivity index (χ2n) is 7.25. The van der Waals surface area contributed by atoms with Gasteiger partial charge in [0.1, 0.15) is 0 Å². The number of aliphatic hydroxyl groups excluding tert-OH is 1. The monoisotopic (exact) mass is 381 g/mol. The van der Waals surface area contributed by atoms with Crippen molar-refractivity contribution in [3.8, 4) is 0 Å². The second kappa shape index (κ2) is 8.00. The summed E-state index contributed by atoms with van der Waals surface area (Å²) in [7, 11) is 0. The molecule has 2 aromatic carbocycles. The Hall–Kier alpha value is -2.90. The third-order valence-electron chi connectivity index (χ3n) is 5.07. The van der Waals surface area contributed by atoms with Crippen molar-refractivity contribution in [1.29, 1.82) is 0 Å². The number of fused-ring (bicyclic) bond motifs is 1. The predicted molar refractivity (Wildman–Crippen MR) is 105 cm³/mol. The van der Waals surface area contributed by atoms with Gasteiger partial charge in [-0.3, -0.25) is 14.7 Å². The lowest BCUT2D eigenvalue weighted by Gasteiger charge is -2.25. The molecule has 2 atom stereocenters. The minimum absolute atomic E-state index is 0.0983. The standard InChI is InChI=1S/C21H23N3O4/c25-16-8-9-24(12-16)13-18(15-4-2-1-3-5-15)22-20(26)11-14-6-7-19-17(10-14)23-21(27)28-19/h1-7,10,16,18,25H,8-9,11-13H2,(H,22,26)(H,23,27)/t16-,18?/m0/s1. The number of hydrogen-bond donors (Lipinski definition) is 3. The maximum absolute atomic E-state index is 12.7. The molecule has 0 spiro atoms. The van der Waals surface area contributed by atoms with Gasteiger partial charge in [0.2, 0.25) is 5.91 Å². The molecule has 0 bridgehead atoms. The SMILES string of the molecule is O=C(Cc1ccc2oc(=O)[nH]c2c1)NC(CN1CC[C@H](O)C1)c1ccccc1. The Morgan fingerprint density at radius 1 is 1.29 bits per heavy atom. The van der Waals surface area contributed by atoms with Crippen LogP contribution < -0.4 is 11.1 Å². The summed E-state index contributed by atoms with van der Waals surface area (Å²) >= 11 is 0. The molecule has 1 amide bonds. The minimum atomic E-state index is -0.506. The molecule has 1 unspecified atom stereocenters. The number of aromatic nitrogens is 1. The van der Waals surface area contributed by atoms with Crippen molar-refractivity contribution in [2.24, 2.45) is 0 Å². The number of β-amino-alcohol motifs (C(OH)–C–C–N with tert-alkyl or cyclic N) is 1. The maximum Gasteiger partial charge on any atom is 0.417 e. The van der Waals surface area contributed by atoms with E-state index in [1.54, 1.807) is 18.2 Å². The van der Waals surface area contributed by atoms with Crippen LogP contribution in [0.5, 0.6) is 0 Å². The molecule has 28 heavy (non-hydrogen) atoms. The first-order valence-corrected chi connectivity index (χ1v) is 9.43. The van der Waals surface area contributed by atoms with Gasteiger partial charge in [0.25, 0.3) is 0 Å². The van der Waals surface area contributed by atoms with E-state index in [9.17, 15) is 14.7 Å². The van der Waals surface area contributed by atoms with Crippen molar-refractivity contribution in [3.05, 3.63) is 70.2 Å². The molecule has 1 aliphatic heterocycles. The number of H-pyrrole nitrogens is 1. The molecular weight excluding hydrogens is 358 g/mol. The molecule has 7 heteroatoms. The van der Waals surface area contributed by atoms with Crippen LogP contribution in [0.15, 0.2) is 57.7 Å². The van der Waals surface area contributed by atoms with Crippen LogP contribution >= 0.6 is 0 Å². The molecule has 1 aliphatic rings. The van der Waals surface area contributed by atoms with E-state index >= 15 is 0 Å². The molecule has 7 nitrogen and oxygen atoms in total. The third kappa shape index (κ3) is 4.32. The molecule has 0 aliphatic carbocycles. The fourth-order valence-electron chi connectivity index (χ4n) is 3.70. The Labute approximate surface area is 162 Å². The highest BCUT2D eigenvalue weighted by atomic mass is 16.4. The molecule has 3 aromatic rings. The summed E-state index contributed by atoms with van der Waals surface area (Å²) in [5.74, 6) is -0.604. The van der Waals surface area contributed by atoms with E-state index in [1.165, 1.54) is 0 Å². The first-order valence-electron chi connectivity index (χ1n) is 9.43. The van der Waals surface area contributed by atoms with Gasteiger partial charge in [0.15, 0.2) is 5.58 Å². The van der Waals surface area contributed by atoms with Gasteiger partial charge >= 0.3 is 5.76 Å². The average molecular weight is 381 g/mol. The summed E-state index contributed by atoms with van der Waals surface area (Å²) in [6.07, 6.45) is 0.670. The Morgan fingerprint density at radius 3 is 2.86 bits per heavy atom. The zero-order chi connectivity index (χ0) is 19.5. The van der Waals surface area contributed by atoms with Gasteiger partial charge in [-0.2, -0.15) is 0 Å². The summed E-state index contributed by atoms with van der Waals surface area (Å²) in [4.78, 5) is 28.8. The molecule has 1 saturated heterocycles. The number of amides is 1. The highest BCUT2D eigenvalue weighted by Gasteiger charge is 2.24. The van der Waals surface area contributed by atoms with Crippen molar-refractivity contribution >= 4 is 17.0 Å². The summed E-state index contributed by atoms with van der Waals surface area (Å²) < 4.78 is 5.00. The number of oxazole rings is 1. The number of nitrogens with zero attached hydrogens (tertiary/aromatic N) is 1. The van der Waals surface area contributed by atoms with Crippen LogP contribution in [0, 0.1) is 0 Å². The highest BCUT2D eigenvalue weighted by Crippen LogP contribution is 2.19. The van der Waals surface area contributed by atoms with Crippen LogP contribution in [0.1, 0.15) is 23.6 Å². The Bertz CT molecular complexity index is 1010. The molecule has 3 N–H and O–H groups in total. The number of rotatable bonds is 6. The van der Waals surface area contributed by atoms with E-state index in [0.29, 0.717) is 24.2 Å². The van der Waals surface area contributed by atoms with Crippen molar-refractivity contribution in [2.75, 3.05) is 19.6 Å². The van der Waals surface area contributed by atoms with Crippen molar-refractivity contribution < 1.29 is 14.3 Å². The van der Waals surface area contributed by atoms with Crippen molar-refractivity contribution in [1.82, 2.24) is 15.2 Å². The number of carbonyl (C=O) groups is 1. The fourth-order valence-corrected chi connectivity index (χ4v) is 3.70. The topological polar surface area (TPSA) is 98.6 Å². The number of carbonyl (C=O) groups excluding carboxylic acids is 1. The number of nitrogens with one attached hydrogen (secondary N) is 2. The lowest BCUT2D eigenvalue weighted by Crippen LogP contribution is -2.38. The van der Waals surface area contributed by atoms with Crippen LogP contribution in [0.4, 0.5) is 0 Å². The molecular formula is C21H23N3O4. The molecule has 1 fully saturated rings. The summed E-state index contributed by atoms with van der Waals surface area (Å²) in [5, 5.41) is 12.9. The summed E-state index contributed by atoms with van der Waals surface area (Å²) in [6.45, 7) is 2.11. The number of likely N-dealkylation sites (tertiary alicyclic amines) is 1. The largest absolute Gasteiger partial charge is 0.417 e. The molecule has 0 saturated carbocycles. The number of hydrogen-bond acceptors (Lipinski definition) is 5. The summed E-state index contributed by atoms with van der Waals surface area (Å²) in [5.41, 5.74) is 2.89. The van der Waals surface area contributed by atoms with Gasteiger partial charge < -0.3 is 14.8 Å². The second-order valence-corrected chi connectivity index (χ2v) is 7.25. The van der Waals surface area contributed by atoms with Crippen LogP contribution in [0.25, 0.3) is 11.1 Å². The number of aromatic amines is 1. The molecule has 2 heterocycles. The van der Waals surface area contributed by atoms with Crippen molar-refractivity contribution in [3.63, 3.8) is 0 Å². The number of benzene rings is 2. The van der Waals surface area contributed by atoms with E-state index in [-0.39, 0.29) is 24.5 Å². The fraction of sp³-hybridized carbons (Fsp3) is 0.333. The normalized spacial score (nSPS) is 18.4. The zero-order valence-corrected chi connectivity index (χ0v) is 15.4. The molecule has 4 rings (SSSR count). The van der Waals surface area contributed by atoms with Gasteiger partial charge in [0.05, 0.1) is 24.1 Å². The van der Waals surface area contributed by atoms with E-state index in [1.807, 2.05) is 30.3 Å². The van der Waals surface area contributed by atoms with E-state index in [0.717, 1.165) is 24.1 Å². The average Bonchev–Trinajstić information content (AvgIpc) is 3.25. The van der Waals surface area contributed by atoms with E-state index < -0.39 is 5.76 Å². The maximum atomic E-state index is 12.7.